The van der Waals surface area contributed by atoms with Gasteiger partial charge < -0.3 is 57.6 Å². The van der Waals surface area contributed by atoms with E-state index in [-0.39, 0.29) is 98.0 Å². The van der Waals surface area contributed by atoms with Gasteiger partial charge >= 0.3 is 5.97 Å². The molecule has 9 aliphatic rings. The molecule has 0 aromatic rings. The third-order valence-corrected chi connectivity index (χ3v) is 14.5. The van der Waals surface area contributed by atoms with Crippen LogP contribution in [0.25, 0.3) is 0 Å². The standard InChI is InChI=1S/C42H62O13/c1-20-12-24-6-8-28-21(2)13-26(47-28)10-11-42-18-35(46-5)41(55-42)33-17-34(54-42)40-29(50-33)9-7-25(49-40)14-37(45)53-39-23(4)38-31(15-27(44)36(19-43)52-38)51-32(39)16-30(48-24)22(20)3/h20,23-36,38-41,43-44H,2-3,6-19H2,1,4-5H3/t20-,23+,24+,25?,26?,27-,28?,29?,30?,31+,32+,33-,34?,35?,36-,38+,39?,40+,41?,42?/m1/s1. The maximum atomic E-state index is 14.0. The largest absolute Gasteiger partial charge is 0.459 e. The van der Waals surface area contributed by atoms with E-state index in [2.05, 4.69) is 20.1 Å². The van der Waals surface area contributed by atoms with Crippen LogP contribution in [0.2, 0.25) is 0 Å². The minimum atomic E-state index is -0.863. The number of methoxy groups -OCH3 is 1. The molecule has 0 aromatic heterocycles. The zero-order chi connectivity index (χ0) is 38.2. The van der Waals surface area contributed by atoms with Crippen LogP contribution in [0.1, 0.15) is 97.3 Å². The first kappa shape index (κ1) is 39.0. The smallest absolute Gasteiger partial charge is 0.308 e. The van der Waals surface area contributed by atoms with E-state index in [1.807, 2.05) is 6.92 Å². The predicted molar refractivity (Wildman–Crippen MR) is 195 cm³/mol. The Labute approximate surface area is 324 Å². The molecule has 13 nitrogen and oxygen atoms in total. The van der Waals surface area contributed by atoms with Gasteiger partial charge in [-0.1, -0.05) is 27.0 Å². The van der Waals surface area contributed by atoms with Gasteiger partial charge in [0.1, 0.15) is 24.4 Å². The molecular weight excluding hydrogens is 712 g/mol. The van der Waals surface area contributed by atoms with E-state index >= 15 is 0 Å². The van der Waals surface area contributed by atoms with Crippen LogP contribution in [-0.2, 0) is 52.2 Å². The van der Waals surface area contributed by atoms with Crippen molar-refractivity contribution in [3.05, 3.63) is 24.3 Å². The highest BCUT2D eigenvalue weighted by molar-refractivity contribution is 5.70. The van der Waals surface area contributed by atoms with Gasteiger partial charge in [-0.25, -0.2) is 0 Å². The molecule has 0 amide bonds. The van der Waals surface area contributed by atoms with Crippen molar-refractivity contribution in [2.24, 2.45) is 11.8 Å². The third kappa shape index (κ3) is 7.52. The molecule has 9 saturated heterocycles. The van der Waals surface area contributed by atoms with Gasteiger partial charge in [-0.05, 0) is 62.0 Å². The SMILES string of the molecule is C=C1CC2CCC34CC(OC)C(O3)[C@H]3CC(O4)[C@H]4OC(CCC4O3)CC(=O)OC3[C@H](CC4O[C@@H](CCC1O2)C[C@@H](C)C4=C)O[C@H]1C[C@@H](O)[C@@H](CO)O[C@H]1[C@@H]3C. The van der Waals surface area contributed by atoms with Gasteiger partial charge in [0.15, 0.2) is 5.79 Å². The molecule has 9 fully saturated rings. The first-order valence-electron chi connectivity index (χ1n) is 21.2. The van der Waals surface area contributed by atoms with E-state index in [0.29, 0.717) is 38.5 Å². The molecular formula is C42H62O13. The number of fused-ring (bicyclic) bond motifs is 10. The zero-order valence-corrected chi connectivity index (χ0v) is 32.7. The highest BCUT2D eigenvalue weighted by Crippen LogP contribution is 2.50. The zero-order valence-electron chi connectivity index (χ0n) is 32.7. The van der Waals surface area contributed by atoms with Crippen molar-refractivity contribution >= 4 is 5.97 Å². The van der Waals surface area contributed by atoms with Crippen molar-refractivity contribution in [1.82, 2.24) is 0 Å². The molecule has 9 aliphatic heterocycles. The number of carbonyl (C=O) groups excluding carboxylic acids is 1. The lowest BCUT2D eigenvalue weighted by molar-refractivity contribution is -0.281. The molecule has 0 aliphatic carbocycles. The van der Waals surface area contributed by atoms with Gasteiger partial charge in [-0.2, -0.15) is 0 Å². The predicted octanol–water partition coefficient (Wildman–Crippen LogP) is 3.83. The van der Waals surface area contributed by atoms with Crippen LogP contribution >= 0.6 is 0 Å². The summed E-state index contributed by atoms with van der Waals surface area (Å²) in [6.45, 7) is 12.8. The number of rotatable bonds is 2. The molecule has 0 radical (unpaired) electrons. The van der Waals surface area contributed by atoms with Crippen molar-refractivity contribution in [2.45, 2.75) is 207 Å². The van der Waals surface area contributed by atoms with Crippen LogP contribution in [0.4, 0.5) is 0 Å². The Kier molecular flexibility index (Phi) is 11.1. The molecule has 10 unspecified atom stereocenters. The highest BCUT2D eigenvalue weighted by Gasteiger charge is 2.60. The summed E-state index contributed by atoms with van der Waals surface area (Å²) in [5.41, 5.74) is 2.12. The average molecular weight is 775 g/mol. The fourth-order valence-electron chi connectivity index (χ4n) is 11.4. The maximum Gasteiger partial charge on any atom is 0.308 e. The first-order chi connectivity index (χ1) is 26.5. The Balaban J connectivity index is 0.994. The van der Waals surface area contributed by atoms with Crippen molar-refractivity contribution in [2.75, 3.05) is 13.7 Å². The fourth-order valence-corrected chi connectivity index (χ4v) is 11.4. The van der Waals surface area contributed by atoms with E-state index in [4.69, 9.17) is 47.4 Å². The van der Waals surface area contributed by atoms with Crippen LogP contribution in [0, 0.1) is 11.8 Å². The number of aliphatic hydroxyl groups is 2. The lowest BCUT2D eigenvalue weighted by Gasteiger charge is -2.51. The van der Waals surface area contributed by atoms with E-state index < -0.39 is 42.4 Å². The molecule has 13 heteroatoms. The Bertz CT molecular complexity index is 1440. The van der Waals surface area contributed by atoms with Crippen LogP contribution in [-0.4, -0.2) is 139 Å². The molecule has 1 spiro atoms. The molecule has 20 atom stereocenters. The normalized spacial score (nSPS) is 53.0. The lowest BCUT2D eigenvalue weighted by atomic mass is 9.79. The number of hydrogen-bond acceptors (Lipinski definition) is 13. The van der Waals surface area contributed by atoms with Crippen molar-refractivity contribution in [1.29, 1.82) is 0 Å². The number of ether oxygens (including phenoxy) is 10. The Morgan fingerprint density at radius 2 is 1.47 bits per heavy atom. The Hall–Kier alpha value is -1.49. The molecule has 10 bridgehead atoms. The van der Waals surface area contributed by atoms with Crippen LogP contribution in [0.3, 0.4) is 0 Å². The van der Waals surface area contributed by atoms with Gasteiger partial charge in [0.05, 0.1) is 92.4 Å². The van der Waals surface area contributed by atoms with E-state index in [9.17, 15) is 15.0 Å². The monoisotopic (exact) mass is 774 g/mol. The second-order valence-electron chi connectivity index (χ2n) is 18.2. The van der Waals surface area contributed by atoms with Gasteiger partial charge in [0.2, 0.25) is 0 Å². The average Bonchev–Trinajstić information content (AvgIpc) is 3.68. The maximum absolute atomic E-state index is 14.0. The summed E-state index contributed by atoms with van der Waals surface area (Å²) < 4.78 is 66.0. The molecule has 9 heterocycles. The van der Waals surface area contributed by atoms with Crippen molar-refractivity contribution < 1.29 is 62.4 Å². The van der Waals surface area contributed by atoms with Gasteiger partial charge in [0, 0.05) is 45.1 Å². The summed E-state index contributed by atoms with van der Waals surface area (Å²) in [4.78, 5) is 14.0. The van der Waals surface area contributed by atoms with Gasteiger partial charge in [0.25, 0.3) is 0 Å². The summed E-state index contributed by atoms with van der Waals surface area (Å²) in [6.07, 6.45) is 2.47. The third-order valence-electron chi connectivity index (χ3n) is 14.5. The lowest BCUT2D eigenvalue weighted by Crippen LogP contribution is -2.62. The Morgan fingerprint density at radius 3 is 2.29 bits per heavy atom. The molecule has 55 heavy (non-hydrogen) atoms. The summed E-state index contributed by atoms with van der Waals surface area (Å²) in [5, 5.41) is 20.7. The van der Waals surface area contributed by atoms with E-state index in [1.54, 1.807) is 7.11 Å². The van der Waals surface area contributed by atoms with Crippen LogP contribution in [0.5, 0.6) is 0 Å². The number of esters is 1. The van der Waals surface area contributed by atoms with E-state index in [0.717, 1.165) is 49.7 Å². The van der Waals surface area contributed by atoms with Gasteiger partial charge in [-0.15, -0.1) is 0 Å². The van der Waals surface area contributed by atoms with Crippen LogP contribution < -0.4 is 0 Å². The van der Waals surface area contributed by atoms with Crippen LogP contribution in [0.15, 0.2) is 24.3 Å². The highest BCUT2D eigenvalue weighted by atomic mass is 16.7. The topological polar surface area (TPSA) is 150 Å². The molecule has 9 rings (SSSR count). The second kappa shape index (κ2) is 15.6. The van der Waals surface area contributed by atoms with Crippen molar-refractivity contribution in [3.8, 4) is 0 Å². The molecule has 0 aromatic carbocycles. The quantitative estimate of drug-likeness (QED) is 0.310. The Morgan fingerprint density at radius 1 is 0.727 bits per heavy atom. The summed E-state index contributed by atoms with van der Waals surface area (Å²) >= 11 is 0. The first-order valence-corrected chi connectivity index (χ1v) is 21.2. The summed E-state index contributed by atoms with van der Waals surface area (Å²) in [5.74, 6) is -1.26. The summed E-state index contributed by atoms with van der Waals surface area (Å²) in [6, 6.07) is 0. The minimum absolute atomic E-state index is 0.00593. The molecule has 2 N–H and O–H groups in total. The number of carbonyl (C=O) groups is 1. The number of hydrogen-bond donors (Lipinski definition) is 2. The van der Waals surface area contributed by atoms with E-state index in [1.165, 1.54) is 0 Å². The minimum Gasteiger partial charge on any atom is -0.459 e. The molecule has 308 valence electrons. The number of aliphatic hydroxyl groups excluding tert-OH is 2. The fraction of sp³-hybridized carbons (Fsp3) is 0.881. The van der Waals surface area contributed by atoms with Crippen molar-refractivity contribution in [3.63, 3.8) is 0 Å². The summed E-state index contributed by atoms with van der Waals surface area (Å²) in [7, 11) is 1.73. The molecule has 0 saturated carbocycles. The second-order valence-corrected chi connectivity index (χ2v) is 18.2. The van der Waals surface area contributed by atoms with Gasteiger partial charge in [-0.3, -0.25) is 4.79 Å².